The van der Waals surface area contributed by atoms with Crippen LogP contribution in [0.5, 0.6) is 5.75 Å². The summed E-state index contributed by atoms with van der Waals surface area (Å²) >= 11 is 0. The SMILES string of the molecule is O=C1CN(c2c(O)cc3ccc(NCC4CC4)cc3c2F)S(=O)(=O)N1. The number of carbonyl (C=O) groups is 1. The van der Waals surface area contributed by atoms with E-state index in [1.165, 1.54) is 18.9 Å². The summed E-state index contributed by atoms with van der Waals surface area (Å²) < 4.78 is 41.3. The molecular weight excluding hydrogens is 349 g/mol. The van der Waals surface area contributed by atoms with E-state index >= 15 is 4.39 Å². The molecule has 1 saturated heterocycles. The highest BCUT2D eigenvalue weighted by atomic mass is 32.2. The minimum atomic E-state index is -4.21. The van der Waals surface area contributed by atoms with Crippen LogP contribution in [0.3, 0.4) is 0 Å². The molecule has 0 aromatic heterocycles. The molecule has 1 heterocycles. The van der Waals surface area contributed by atoms with Gasteiger partial charge in [0.25, 0.3) is 5.91 Å². The molecular formula is C16H16FN3O4S. The Bertz CT molecular complexity index is 989. The van der Waals surface area contributed by atoms with Crippen LogP contribution in [0, 0.1) is 11.7 Å². The molecule has 7 nitrogen and oxygen atoms in total. The quantitative estimate of drug-likeness (QED) is 0.766. The lowest BCUT2D eigenvalue weighted by molar-refractivity contribution is -0.117. The van der Waals surface area contributed by atoms with Gasteiger partial charge in [0.2, 0.25) is 0 Å². The molecule has 132 valence electrons. The lowest BCUT2D eigenvalue weighted by Gasteiger charge is -2.18. The molecule has 2 fully saturated rings. The van der Waals surface area contributed by atoms with Crippen molar-refractivity contribution >= 4 is 38.3 Å². The molecule has 0 atom stereocenters. The fraction of sp³-hybridized carbons (Fsp3) is 0.312. The van der Waals surface area contributed by atoms with Gasteiger partial charge in [0.05, 0.1) is 0 Å². The largest absolute Gasteiger partial charge is 0.506 e. The van der Waals surface area contributed by atoms with Crippen molar-refractivity contribution in [2.24, 2.45) is 5.92 Å². The number of halogens is 1. The first-order chi connectivity index (χ1) is 11.8. The van der Waals surface area contributed by atoms with Crippen molar-refractivity contribution in [3.63, 3.8) is 0 Å². The van der Waals surface area contributed by atoms with E-state index in [1.54, 1.807) is 22.9 Å². The first-order valence-electron chi connectivity index (χ1n) is 7.87. The average Bonchev–Trinajstić information content (AvgIpc) is 3.31. The lowest BCUT2D eigenvalue weighted by Crippen LogP contribution is -2.30. The molecule has 1 aliphatic heterocycles. The van der Waals surface area contributed by atoms with E-state index in [4.69, 9.17) is 0 Å². The number of aromatic hydroxyl groups is 1. The highest BCUT2D eigenvalue weighted by Gasteiger charge is 2.37. The number of hydrogen-bond donors (Lipinski definition) is 3. The van der Waals surface area contributed by atoms with Gasteiger partial charge in [0.1, 0.15) is 18.0 Å². The summed E-state index contributed by atoms with van der Waals surface area (Å²) in [5.41, 5.74) is 0.193. The third kappa shape index (κ3) is 2.84. The molecule has 3 N–H and O–H groups in total. The molecule has 2 aliphatic rings. The Morgan fingerprint density at radius 3 is 2.72 bits per heavy atom. The van der Waals surface area contributed by atoms with Crippen LogP contribution in [0.2, 0.25) is 0 Å². The van der Waals surface area contributed by atoms with Crippen LogP contribution in [-0.4, -0.2) is 32.5 Å². The van der Waals surface area contributed by atoms with Gasteiger partial charge in [-0.25, -0.2) is 13.4 Å². The predicted molar refractivity (Wildman–Crippen MR) is 91.2 cm³/mol. The molecule has 1 aliphatic carbocycles. The maximum atomic E-state index is 15.0. The Morgan fingerprint density at radius 2 is 2.08 bits per heavy atom. The first-order valence-corrected chi connectivity index (χ1v) is 9.31. The molecule has 0 bridgehead atoms. The lowest BCUT2D eigenvalue weighted by atomic mass is 10.1. The van der Waals surface area contributed by atoms with Crippen molar-refractivity contribution in [2.45, 2.75) is 12.8 Å². The Labute approximate surface area is 143 Å². The molecule has 0 radical (unpaired) electrons. The molecule has 0 spiro atoms. The number of hydrogen-bond acceptors (Lipinski definition) is 5. The number of nitrogens with one attached hydrogen (secondary N) is 2. The van der Waals surface area contributed by atoms with Gasteiger partial charge in [0, 0.05) is 17.6 Å². The number of phenols is 1. The van der Waals surface area contributed by atoms with Gasteiger partial charge in [-0.15, -0.1) is 0 Å². The number of amides is 1. The molecule has 2 aromatic carbocycles. The maximum absolute atomic E-state index is 15.0. The number of rotatable bonds is 4. The van der Waals surface area contributed by atoms with E-state index in [9.17, 15) is 18.3 Å². The van der Waals surface area contributed by atoms with Crippen LogP contribution in [0.1, 0.15) is 12.8 Å². The normalized spacial score (nSPS) is 19.2. The van der Waals surface area contributed by atoms with Gasteiger partial charge in [0.15, 0.2) is 5.82 Å². The number of anilines is 2. The molecule has 25 heavy (non-hydrogen) atoms. The molecule has 9 heteroatoms. The first kappa shape index (κ1) is 15.9. The van der Waals surface area contributed by atoms with Crippen LogP contribution < -0.4 is 14.3 Å². The monoisotopic (exact) mass is 365 g/mol. The number of phenolic OH excluding ortho intramolecular Hbond substituents is 1. The maximum Gasteiger partial charge on any atom is 0.326 e. The third-order valence-electron chi connectivity index (χ3n) is 4.39. The Morgan fingerprint density at radius 1 is 1.32 bits per heavy atom. The van der Waals surface area contributed by atoms with Gasteiger partial charge in [-0.2, -0.15) is 8.42 Å². The zero-order valence-corrected chi connectivity index (χ0v) is 13.9. The highest BCUT2D eigenvalue weighted by molar-refractivity contribution is 7.92. The van der Waals surface area contributed by atoms with E-state index in [0.29, 0.717) is 21.3 Å². The number of benzene rings is 2. The average molecular weight is 365 g/mol. The van der Waals surface area contributed by atoms with Gasteiger partial charge < -0.3 is 10.4 Å². The Kier molecular flexibility index (Phi) is 3.50. The van der Waals surface area contributed by atoms with Gasteiger partial charge in [-0.3, -0.25) is 4.79 Å². The molecule has 4 rings (SSSR count). The van der Waals surface area contributed by atoms with Gasteiger partial charge in [-0.1, -0.05) is 6.07 Å². The number of carbonyl (C=O) groups excluding carboxylic acids is 1. The third-order valence-corrected chi connectivity index (χ3v) is 5.77. The van der Waals surface area contributed by atoms with E-state index < -0.39 is 39.9 Å². The minimum Gasteiger partial charge on any atom is -0.506 e. The van der Waals surface area contributed by atoms with Crippen molar-refractivity contribution < 1.29 is 22.7 Å². The molecule has 2 aromatic rings. The van der Waals surface area contributed by atoms with Crippen molar-refractivity contribution in [2.75, 3.05) is 22.7 Å². The minimum absolute atomic E-state index is 0.170. The summed E-state index contributed by atoms with van der Waals surface area (Å²) in [5, 5.41) is 14.0. The second-order valence-corrected chi connectivity index (χ2v) is 7.95. The van der Waals surface area contributed by atoms with E-state index in [2.05, 4.69) is 5.32 Å². The summed E-state index contributed by atoms with van der Waals surface area (Å²) in [5.74, 6) is -1.56. The zero-order valence-electron chi connectivity index (χ0n) is 13.1. The van der Waals surface area contributed by atoms with Gasteiger partial charge in [-0.05, 0) is 42.3 Å². The molecule has 1 amide bonds. The van der Waals surface area contributed by atoms with E-state index in [0.717, 1.165) is 6.54 Å². The topological polar surface area (TPSA) is 98.7 Å². The van der Waals surface area contributed by atoms with Crippen LogP contribution in [0.25, 0.3) is 10.8 Å². The smallest absolute Gasteiger partial charge is 0.326 e. The van der Waals surface area contributed by atoms with Crippen molar-refractivity contribution in [3.05, 3.63) is 30.1 Å². The fourth-order valence-corrected chi connectivity index (χ4v) is 4.07. The van der Waals surface area contributed by atoms with Crippen LogP contribution in [-0.2, 0) is 15.0 Å². The van der Waals surface area contributed by atoms with E-state index in [1.807, 2.05) is 0 Å². The second-order valence-electron chi connectivity index (χ2n) is 6.36. The fourth-order valence-electron chi connectivity index (χ4n) is 2.91. The standard InChI is InChI=1S/C16H16FN3O4S/c17-15-12-6-11(18-7-9-1-2-9)4-3-10(12)5-13(21)16(15)20-8-14(22)19-25(20,23)24/h3-6,9,18,21H,1-2,7-8H2,(H,19,22). The van der Waals surface area contributed by atoms with E-state index in [-0.39, 0.29) is 5.39 Å². The highest BCUT2D eigenvalue weighted by Crippen LogP contribution is 2.39. The summed E-state index contributed by atoms with van der Waals surface area (Å²) in [6.07, 6.45) is 2.36. The molecule has 0 unspecified atom stereocenters. The van der Waals surface area contributed by atoms with Crippen LogP contribution in [0.15, 0.2) is 24.3 Å². The Balaban J connectivity index is 1.79. The second kappa shape index (κ2) is 5.48. The summed E-state index contributed by atoms with van der Waals surface area (Å²) in [6.45, 7) is 0.231. The van der Waals surface area contributed by atoms with Gasteiger partial charge >= 0.3 is 10.2 Å². The van der Waals surface area contributed by atoms with Crippen molar-refractivity contribution in [1.29, 1.82) is 0 Å². The number of fused-ring (bicyclic) bond motifs is 1. The predicted octanol–water partition coefficient (Wildman–Crippen LogP) is 1.69. The van der Waals surface area contributed by atoms with Crippen LogP contribution in [0.4, 0.5) is 15.8 Å². The van der Waals surface area contributed by atoms with Crippen molar-refractivity contribution in [1.82, 2.24) is 4.72 Å². The molecule has 1 saturated carbocycles. The van der Waals surface area contributed by atoms with Crippen LogP contribution >= 0.6 is 0 Å². The summed E-state index contributed by atoms with van der Waals surface area (Å²) in [7, 11) is -4.21. The summed E-state index contributed by atoms with van der Waals surface area (Å²) in [4.78, 5) is 11.4. The Hall–Kier alpha value is -2.55. The van der Waals surface area contributed by atoms with Crippen molar-refractivity contribution in [3.8, 4) is 5.75 Å². The summed E-state index contributed by atoms with van der Waals surface area (Å²) in [6, 6.07) is 6.30. The number of nitrogens with zero attached hydrogens (tertiary/aromatic N) is 1. The zero-order chi connectivity index (χ0) is 17.8.